The summed E-state index contributed by atoms with van der Waals surface area (Å²) in [5, 5.41) is 0. The molecule has 0 bridgehead atoms. The molecule has 0 aliphatic carbocycles. The van der Waals surface area contributed by atoms with Gasteiger partial charge in [0.05, 0.1) is 6.04 Å². The molecule has 0 saturated heterocycles. The van der Waals surface area contributed by atoms with Gasteiger partial charge in [0.2, 0.25) is 0 Å². The van der Waals surface area contributed by atoms with Crippen molar-refractivity contribution in [1.29, 1.82) is 0 Å². The fourth-order valence-corrected chi connectivity index (χ4v) is 1.41. The predicted molar refractivity (Wildman–Crippen MR) is 41.0 cm³/mol. The molecule has 0 aromatic rings. The topological polar surface area (TPSA) is 86.2 Å². The second-order valence-corrected chi connectivity index (χ2v) is 3.52. The number of rotatable bonds is 5. The molecule has 0 fully saturated rings. The van der Waals surface area contributed by atoms with Crippen molar-refractivity contribution in [3.8, 4) is 0 Å². The minimum Gasteiger partial charge on any atom is -0.330 e. The van der Waals surface area contributed by atoms with E-state index < -0.39 is 16.8 Å². The van der Waals surface area contributed by atoms with Gasteiger partial charge in [-0.15, -0.1) is 0 Å². The highest BCUT2D eigenvalue weighted by Gasteiger charge is 2.04. The van der Waals surface area contributed by atoms with Crippen LogP contribution in [0.4, 0.5) is 0 Å². The molecule has 0 aliphatic rings. The van der Waals surface area contributed by atoms with Crippen LogP contribution >= 0.6 is 0 Å². The molecule has 0 spiro atoms. The highest BCUT2D eigenvalue weighted by Crippen LogP contribution is 1.82. The van der Waals surface area contributed by atoms with Crippen LogP contribution in [0.5, 0.6) is 0 Å². The summed E-state index contributed by atoms with van der Waals surface area (Å²) >= 11 is 0. The van der Waals surface area contributed by atoms with Gasteiger partial charge in [-0.25, -0.2) is 0 Å². The van der Waals surface area contributed by atoms with E-state index in [1.54, 1.807) is 0 Å². The lowest BCUT2D eigenvalue weighted by Gasteiger charge is -2.01. The zero-order chi connectivity index (χ0) is 7.98. The van der Waals surface area contributed by atoms with Gasteiger partial charge in [-0.2, -0.15) is 0 Å². The van der Waals surface area contributed by atoms with Crippen molar-refractivity contribution in [1.82, 2.24) is 0 Å². The maximum Gasteiger partial charge on any atom is 0.137 e. The normalized spacial score (nSPS) is 16.2. The van der Waals surface area contributed by atoms with E-state index in [0.717, 1.165) is 0 Å². The Morgan fingerprint density at radius 3 is 2.60 bits per heavy atom. The van der Waals surface area contributed by atoms with Crippen LogP contribution in [0.3, 0.4) is 0 Å². The molecule has 2 atom stereocenters. The smallest absolute Gasteiger partial charge is 0.137 e. The van der Waals surface area contributed by atoms with Gasteiger partial charge in [0.1, 0.15) is 6.29 Å². The number of aldehydes is 1. The molecule has 2 unspecified atom stereocenters. The fourth-order valence-electron chi connectivity index (χ4n) is 0.469. The summed E-state index contributed by atoms with van der Waals surface area (Å²) in [6.45, 7) is 0.373. The molecule has 0 rings (SSSR count). The molecule has 0 aromatic carbocycles. The third kappa shape index (κ3) is 4.60. The third-order valence-corrected chi connectivity index (χ3v) is 2.35. The molecule has 10 heavy (non-hydrogen) atoms. The van der Waals surface area contributed by atoms with Crippen molar-refractivity contribution in [2.75, 3.05) is 18.1 Å². The van der Waals surface area contributed by atoms with Crippen LogP contribution in [0, 0.1) is 0 Å². The van der Waals surface area contributed by atoms with Crippen LogP contribution in [0.1, 0.15) is 0 Å². The monoisotopic (exact) mass is 164 g/mol. The van der Waals surface area contributed by atoms with Crippen molar-refractivity contribution in [3.05, 3.63) is 0 Å². The lowest BCUT2D eigenvalue weighted by Crippen LogP contribution is -2.30. The molecule has 4 nitrogen and oxygen atoms in total. The van der Waals surface area contributed by atoms with E-state index >= 15 is 0 Å². The van der Waals surface area contributed by atoms with E-state index in [9.17, 15) is 9.00 Å². The van der Waals surface area contributed by atoms with Crippen molar-refractivity contribution in [3.63, 3.8) is 0 Å². The molecule has 5 heteroatoms. The van der Waals surface area contributed by atoms with Crippen molar-refractivity contribution in [2.24, 2.45) is 11.5 Å². The highest BCUT2D eigenvalue weighted by atomic mass is 32.2. The standard InChI is InChI=1S/C5H12N2O2S/c6-1-2-10(9)4-5(7)3-8/h3,5H,1-2,4,6-7H2. The Kier molecular flexibility index (Phi) is 5.38. The maximum absolute atomic E-state index is 10.8. The minimum absolute atomic E-state index is 0.223. The predicted octanol–water partition coefficient (Wildman–Crippen LogP) is -1.78. The molecule has 60 valence electrons. The van der Waals surface area contributed by atoms with Crippen LogP contribution in [0.25, 0.3) is 0 Å². The van der Waals surface area contributed by atoms with E-state index in [2.05, 4.69) is 0 Å². The van der Waals surface area contributed by atoms with Gasteiger partial charge in [-0.1, -0.05) is 0 Å². The molecule has 0 amide bonds. The molecule has 0 saturated carbocycles. The molecule has 0 heterocycles. The first-order valence-electron chi connectivity index (χ1n) is 2.96. The Labute approximate surface area is 62.4 Å². The molecular formula is C5H12N2O2S. The Hall–Kier alpha value is -0.260. The van der Waals surface area contributed by atoms with Gasteiger partial charge in [0.15, 0.2) is 0 Å². The van der Waals surface area contributed by atoms with E-state index in [0.29, 0.717) is 18.6 Å². The molecule has 0 aliphatic heterocycles. The summed E-state index contributed by atoms with van der Waals surface area (Å²) in [6, 6.07) is -0.604. The maximum atomic E-state index is 10.8. The van der Waals surface area contributed by atoms with Crippen molar-refractivity contribution in [2.45, 2.75) is 6.04 Å². The third-order valence-electron chi connectivity index (χ3n) is 0.899. The summed E-state index contributed by atoms with van der Waals surface area (Å²) in [5.41, 5.74) is 10.3. The lowest BCUT2D eigenvalue weighted by molar-refractivity contribution is -0.108. The quantitative estimate of drug-likeness (QED) is 0.470. The first kappa shape index (κ1) is 9.74. The number of hydrogen-bond acceptors (Lipinski definition) is 4. The summed E-state index contributed by atoms with van der Waals surface area (Å²) in [6.07, 6.45) is 0.592. The van der Waals surface area contributed by atoms with Crippen molar-refractivity contribution < 1.29 is 9.00 Å². The van der Waals surface area contributed by atoms with E-state index in [1.807, 2.05) is 0 Å². The Balaban J connectivity index is 3.46. The summed E-state index contributed by atoms with van der Waals surface area (Å²) in [4.78, 5) is 9.95. The SMILES string of the molecule is NCCS(=O)CC(N)C=O. The molecule has 0 aromatic heterocycles. The number of carbonyl (C=O) groups excluding carboxylic acids is 1. The van der Waals surface area contributed by atoms with Gasteiger partial charge < -0.3 is 16.3 Å². The Morgan fingerprint density at radius 1 is 1.60 bits per heavy atom. The fraction of sp³-hybridized carbons (Fsp3) is 0.800. The zero-order valence-electron chi connectivity index (χ0n) is 5.66. The average molecular weight is 164 g/mol. The highest BCUT2D eigenvalue weighted by molar-refractivity contribution is 7.85. The van der Waals surface area contributed by atoms with Gasteiger partial charge in [-0.3, -0.25) is 4.21 Å². The number of hydrogen-bond donors (Lipinski definition) is 2. The minimum atomic E-state index is -1.03. The largest absolute Gasteiger partial charge is 0.330 e. The summed E-state index contributed by atoms with van der Waals surface area (Å²) < 4.78 is 10.8. The van der Waals surface area contributed by atoms with E-state index in [1.165, 1.54) is 0 Å². The molecule has 0 radical (unpaired) electrons. The Bertz CT molecular complexity index is 129. The van der Waals surface area contributed by atoms with Crippen LogP contribution in [-0.2, 0) is 15.6 Å². The lowest BCUT2D eigenvalue weighted by atomic mass is 10.4. The zero-order valence-corrected chi connectivity index (χ0v) is 6.47. The van der Waals surface area contributed by atoms with Gasteiger partial charge in [0.25, 0.3) is 0 Å². The average Bonchev–Trinajstić information content (AvgIpc) is 1.88. The second kappa shape index (κ2) is 5.52. The van der Waals surface area contributed by atoms with Crippen molar-refractivity contribution >= 4 is 17.1 Å². The van der Waals surface area contributed by atoms with E-state index in [-0.39, 0.29) is 5.75 Å². The van der Waals surface area contributed by atoms with Crippen LogP contribution in [-0.4, -0.2) is 34.6 Å². The first-order valence-corrected chi connectivity index (χ1v) is 4.45. The first-order chi connectivity index (χ1) is 4.70. The Morgan fingerprint density at radius 2 is 2.20 bits per heavy atom. The summed E-state index contributed by atoms with van der Waals surface area (Å²) in [7, 11) is -1.03. The van der Waals surface area contributed by atoms with Gasteiger partial charge in [0, 0.05) is 28.9 Å². The van der Waals surface area contributed by atoms with Crippen LogP contribution < -0.4 is 11.5 Å². The molecular weight excluding hydrogens is 152 g/mol. The summed E-state index contributed by atoms with van der Waals surface area (Å²) in [5.74, 6) is 0.641. The van der Waals surface area contributed by atoms with Gasteiger partial charge in [-0.05, 0) is 0 Å². The number of carbonyl (C=O) groups is 1. The van der Waals surface area contributed by atoms with Crippen LogP contribution in [0.2, 0.25) is 0 Å². The van der Waals surface area contributed by atoms with Crippen LogP contribution in [0.15, 0.2) is 0 Å². The number of nitrogens with two attached hydrogens (primary N) is 2. The van der Waals surface area contributed by atoms with Gasteiger partial charge >= 0.3 is 0 Å². The molecule has 4 N–H and O–H groups in total. The van der Waals surface area contributed by atoms with E-state index in [4.69, 9.17) is 11.5 Å². The second-order valence-electron chi connectivity index (χ2n) is 1.90.